The first-order chi connectivity index (χ1) is 8.92. The van der Waals surface area contributed by atoms with Gasteiger partial charge in [-0.25, -0.2) is 4.98 Å². The van der Waals surface area contributed by atoms with Crippen LogP contribution >= 0.6 is 0 Å². The molecular formula is C14H26N4O. The largest absolute Gasteiger partial charge is 0.356 e. The zero-order valence-corrected chi connectivity index (χ0v) is 12.2. The number of imidazole rings is 1. The standard InChI is InChI=1S/C14H26N4O/c1-14(2,3)9-11(10-15)13(19)18-6-4-5-12-16-7-8-17-12/h7-8,11H,4-6,9-10,15H2,1-3H3,(H,16,17)(H,18,19). The average Bonchev–Trinajstić information content (AvgIpc) is 2.83. The number of nitrogens with two attached hydrogens (primary N) is 1. The molecule has 0 spiro atoms. The van der Waals surface area contributed by atoms with E-state index in [4.69, 9.17) is 5.73 Å². The van der Waals surface area contributed by atoms with Crippen LogP contribution in [0.4, 0.5) is 0 Å². The third kappa shape index (κ3) is 6.38. The molecule has 19 heavy (non-hydrogen) atoms. The summed E-state index contributed by atoms with van der Waals surface area (Å²) in [5.41, 5.74) is 5.81. The van der Waals surface area contributed by atoms with Crippen molar-refractivity contribution in [3.63, 3.8) is 0 Å². The van der Waals surface area contributed by atoms with E-state index < -0.39 is 0 Å². The number of nitrogens with one attached hydrogen (secondary N) is 2. The molecule has 0 radical (unpaired) electrons. The van der Waals surface area contributed by atoms with Gasteiger partial charge in [-0.3, -0.25) is 4.79 Å². The Morgan fingerprint density at radius 3 is 2.79 bits per heavy atom. The number of rotatable bonds is 7. The van der Waals surface area contributed by atoms with Crippen LogP contribution in [0, 0.1) is 11.3 Å². The first-order valence-electron chi connectivity index (χ1n) is 6.88. The molecule has 108 valence electrons. The number of H-pyrrole nitrogens is 1. The first-order valence-corrected chi connectivity index (χ1v) is 6.88. The molecule has 1 amide bonds. The van der Waals surface area contributed by atoms with E-state index in [1.54, 1.807) is 6.20 Å². The van der Waals surface area contributed by atoms with E-state index in [1.807, 2.05) is 6.20 Å². The maximum absolute atomic E-state index is 12.0. The van der Waals surface area contributed by atoms with Gasteiger partial charge in [-0.05, 0) is 18.3 Å². The Morgan fingerprint density at radius 1 is 1.53 bits per heavy atom. The third-order valence-corrected chi connectivity index (χ3v) is 2.96. The summed E-state index contributed by atoms with van der Waals surface area (Å²) in [5, 5.41) is 2.96. The zero-order valence-electron chi connectivity index (χ0n) is 12.2. The first kappa shape index (κ1) is 15.7. The Morgan fingerprint density at radius 2 is 2.26 bits per heavy atom. The quantitative estimate of drug-likeness (QED) is 0.653. The molecule has 0 aliphatic rings. The van der Waals surface area contributed by atoms with Gasteiger partial charge in [0, 0.05) is 31.9 Å². The predicted octanol–water partition coefficient (Wildman–Crippen LogP) is 1.47. The molecule has 0 bridgehead atoms. The van der Waals surface area contributed by atoms with Crippen LogP contribution in [-0.2, 0) is 11.2 Å². The van der Waals surface area contributed by atoms with Crippen LogP contribution < -0.4 is 11.1 Å². The lowest BCUT2D eigenvalue weighted by Gasteiger charge is -2.24. The third-order valence-electron chi connectivity index (χ3n) is 2.96. The van der Waals surface area contributed by atoms with Crippen LogP contribution in [0.1, 0.15) is 39.4 Å². The molecule has 0 saturated carbocycles. The summed E-state index contributed by atoms with van der Waals surface area (Å²) in [5.74, 6) is 0.930. The second-order valence-electron chi connectivity index (χ2n) is 6.13. The minimum absolute atomic E-state index is 0.0665. The minimum atomic E-state index is -0.0939. The number of carbonyl (C=O) groups is 1. The van der Waals surface area contributed by atoms with E-state index in [1.165, 1.54) is 0 Å². The molecule has 1 aromatic rings. The van der Waals surface area contributed by atoms with Gasteiger partial charge >= 0.3 is 0 Å². The van der Waals surface area contributed by atoms with Crippen molar-refractivity contribution in [2.24, 2.45) is 17.1 Å². The number of aromatic amines is 1. The number of hydrogen-bond acceptors (Lipinski definition) is 3. The molecule has 1 atom stereocenters. The highest BCUT2D eigenvalue weighted by molar-refractivity contribution is 5.78. The Hall–Kier alpha value is -1.36. The maximum atomic E-state index is 12.0. The van der Waals surface area contributed by atoms with Crippen molar-refractivity contribution in [1.29, 1.82) is 0 Å². The molecule has 0 aliphatic heterocycles. The van der Waals surface area contributed by atoms with Crippen molar-refractivity contribution in [1.82, 2.24) is 15.3 Å². The van der Waals surface area contributed by atoms with Gasteiger partial charge in [-0.1, -0.05) is 20.8 Å². The summed E-state index contributed by atoms with van der Waals surface area (Å²) in [6.07, 6.45) is 6.09. The molecule has 1 rings (SSSR count). The van der Waals surface area contributed by atoms with E-state index >= 15 is 0 Å². The zero-order chi connectivity index (χ0) is 14.3. The highest BCUT2D eigenvalue weighted by atomic mass is 16.1. The van der Waals surface area contributed by atoms with Crippen molar-refractivity contribution in [2.45, 2.75) is 40.0 Å². The molecule has 0 fully saturated rings. The summed E-state index contributed by atoms with van der Waals surface area (Å²) >= 11 is 0. The Balaban J connectivity index is 2.25. The smallest absolute Gasteiger partial charge is 0.224 e. The monoisotopic (exact) mass is 266 g/mol. The van der Waals surface area contributed by atoms with Crippen molar-refractivity contribution in [3.8, 4) is 0 Å². The van der Waals surface area contributed by atoms with E-state index in [-0.39, 0.29) is 17.2 Å². The van der Waals surface area contributed by atoms with Gasteiger partial charge in [0.05, 0.1) is 5.92 Å². The summed E-state index contributed by atoms with van der Waals surface area (Å²) < 4.78 is 0. The summed E-state index contributed by atoms with van der Waals surface area (Å²) in [6.45, 7) is 7.45. The van der Waals surface area contributed by atoms with Gasteiger partial charge < -0.3 is 16.0 Å². The van der Waals surface area contributed by atoms with Crippen molar-refractivity contribution < 1.29 is 4.79 Å². The van der Waals surface area contributed by atoms with E-state index in [0.717, 1.165) is 25.1 Å². The van der Waals surface area contributed by atoms with Crippen LogP contribution in [0.2, 0.25) is 0 Å². The molecule has 4 N–H and O–H groups in total. The molecule has 1 heterocycles. The molecule has 1 unspecified atom stereocenters. The molecule has 1 aromatic heterocycles. The molecule has 0 aliphatic carbocycles. The van der Waals surface area contributed by atoms with E-state index in [2.05, 4.69) is 36.1 Å². The van der Waals surface area contributed by atoms with Gasteiger partial charge in [0.2, 0.25) is 5.91 Å². The van der Waals surface area contributed by atoms with E-state index in [9.17, 15) is 4.79 Å². The lowest BCUT2D eigenvalue weighted by atomic mass is 9.84. The fourth-order valence-electron chi connectivity index (χ4n) is 2.07. The van der Waals surface area contributed by atoms with Crippen LogP contribution in [0.25, 0.3) is 0 Å². The summed E-state index contributed by atoms with van der Waals surface area (Å²) in [6, 6.07) is 0. The minimum Gasteiger partial charge on any atom is -0.356 e. The van der Waals surface area contributed by atoms with Crippen LogP contribution in [0.3, 0.4) is 0 Å². The number of amides is 1. The van der Waals surface area contributed by atoms with Crippen molar-refractivity contribution in [3.05, 3.63) is 18.2 Å². The lowest BCUT2D eigenvalue weighted by molar-refractivity contribution is -0.125. The Bertz CT molecular complexity index is 367. The molecule has 5 nitrogen and oxygen atoms in total. The van der Waals surface area contributed by atoms with Gasteiger partial charge in [0.15, 0.2) is 0 Å². The molecule has 0 saturated heterocycles. The fraction of sp³-hybridized carbons (Fsp3) is 0.714. The Kier molecular flexibility index (Phi) is 6.02. The summed E-state index contributed by atoms with van der Waals surface area (Å²) in [7, 11) is 0. The van der Waals surface area contributed by atoms with Crippen LogP contribution in [-0.4, -0.2) is 29.0 Å². The Labute approximate surface area is 115 Å². The normalized spacial score (nSPS) is 13.3. The van der Waals surface area contributed by atoms with Gasteiger partial charge in [-0.2, -0.15) is 0 Å². The van der Waals surface area contributed by atoms with Gasteiger partial charge in [0.1, 0.15) is 5.82 Å². The number of aryl methyl sites for hydroxylation is 1. The number of hydrogen-bond donors (Lipinski definition) is 3. The number of nitrogens with zero attached hydrogens (tertiary/aromatic N) is 1. The predicted molar refractivity (Wildman–Crippen MR) is 76.5 cm³/mol. The molecule has 5 heteroatoms. The second kappa shape index (κ2) is 7.28. The van der Waals surface area contributed by atoms with Crippen molar-refractivity contribution >= 4 is 5.91 Å². The SMILES string of the molecule is CC(C)(C)CC(CN)C(=O)NCCCc1ncc[nH]1. The molecule has 0 aromatic carbocycles. The van der Waals surface area contributed by atoms with Crippen molar-refractivity contribution in [2.75, 3.05) is 13.1 Å². The van der Waals surface area contributed by atoms with Crippen LogP contribution in [0.15, 0.2) is 12.4 Å². The van der Waals surface area contributed by atoms with Gasteiger partial charge in [0.25, 0.3) is 0 Å². The summed E-state index contributed by atoms with van der Waals surface area (Å²) in [4.78, 5) is 19.2. The van der Waals surface area contributed by atoms with Crippen LogP contribution in [0.5, 0.6) is 0 Å². The highest BCUT2D eigenvalue weighted by Crippen LogP contribution is 2.23. The van der Waals surface area contributed by atoms with Gasteiger partial charge in [-0.15, -0.1) is 0 Å². The fourth-order valence-corrected chi connectivity index (χ4v) is 2.07. The number of carbonyl (C=O) groups excluding carboxylic acids is 1. The second-order valence-corrected chi connectivity index (χ2v) is 6.13. The maximum Gasteiger partial charge on any atom is 0.224 e. The average molecular weight is 266 g/mol. The molecular weight excluding hydrogens is 240 g/mol. The van der Waals surface area contributed by atoms with E-state index in [0.29, 0.717) is 13.1 Å². The lowest BCUT2D eigenvalue weighted by Crippen LogP contribution is -2.37. The topological polar surface area (TPSA) is 83.8 Å². The highest BCUT2D eigenvalue weighted by Gasteiger charge is 2.23. The number of aromatic nitrogens is 2.